The lowest BCUT2D eigenvalue weighted by molar-refractivity contribution is -0.346. The highest BCUT2D eigenvalue weighted by molar-refractivity contribution is 7.89. The van der Waals surface area contributed by atoms with Gasteiger partial charge in [-0.05, 0) is 32.4 Å². The van der Waals surface area contributed by atoms with Crippen LogP contribution in [0.5, 0.6) is 0 Å². The second-order valence-electron chi connectivity index (χ2n) is 12.1. The Bertz CT molecular complexity index is 1240. The van der Waals surface area contributed by atoms with Crippen molar-refractivity contribution in [2.45, 2.75) is 117 Å². The molecule has 18 nitrogen and oxygen atoms in total. The predicted molar refractivity (Wildman–Crippen MR) is 159 cm³/mol. The molecule has 48 heavy (non-hydrogen) atoms. The second-order valence-corrected chi connectivity index (χ2v) is 13.9. The van der Waals surface area contributed by atoms with E-state index in [0.717, 1.165) is 5.56 Å². The van der Waals surface area contributed by atoms with Crippen LogP contribution in [-0.2, 0) is 38.4 Å². The largest absolute Gasteiger partial charge is 0.394 e. The van der Waals surface area contributed by atoms with E-state index < -0.39 is 115 Å². The molecule has 0 aliphatic carbocycles. The van der Waals surface area contributed by atoms with E-state index in [4.69, 9.17) is 28.4 Å². The lowest BCUT2D eigenvalue weighted by Crippen LogP contribution is -2.64. The lowest BCUT2D eigenvalue weighted by atomic mass is 9.94. The van der Waals surface area contributed by atoms with E-state index in [0.29, 0.717) is 0 Å². The van der Waals surface area contributed by atoms with Crippen LogP contribution in [-0.4, -0.2) is 179 Å². The van der Waals surface area contributed by atoms with Gasteiger partial charge in [0.1, 0.15) is 73.2 Å². The van der Waals surface area contributed by atoms with Gasteiger partial charge < -0.3 is 74.4 Å². The van der Waals surface area contributed by atoms with Crippen LogP contribution >= 0.6 is 0 Å². The zero-order valence-corrected chi connectivity index (χ0v) is 27.2. The molecule has 3 saturated heterocycles. The van der Waals surface area contributed by atoms with Gasteiger partial charge in [0.15, 0.2) is 12.6 Å². The topological polar surface area (TPSA) is 284 Å². The van der Waals surface area contributed by atoms with Gasteiger partial charge in [-0.1, -0.05) is 17.7 Å². The Hall–Kier alpha value is -1.47. The van der Waals surface area contributed by atoms with Gasteiger partial charge in [0.05, 0.1) is 30.8 Å². The molecule has 4 rings (SSSR count). The van der Waals surface area contributed by atoms with Gasteiger partial charge in [-0.2, -0.15) is 0 Å². The van der Waals surface area contributed by atoms with Crippen molar-refractivity contribution in [3.63, 3.8) is 0 Å². The summed E-state index contributed by atoms with van der Waals surface area (Å²) >= 11 is 0. The summed E-state index contributed by atoms with van der Waals surface area (Å²) in [5.74, 6) is 0. The Morgan fingerprint density at radius 2 is 1.31 bits per heavy atom. The van der Waals surface area contributed by atoms with E-state index in [9.17, 15) is 54.4 Å². The number of benzene rings is 1. The fraction of sp³-hybridized carbons (Fsp3) is 0.793. The SMILES string of the molecule is Cc1ccc(S(=O)(=O)NCCCOCC2OC(OCC3OC(C)C(O)C(OC4OC(CO)C(O)C(O)C4O)C3O)C(O)C(O)C2O)cc1. The number of ether oxygens (including phenoxy) is 6. The van der Waals surface area contributed by atoms with Crippen molar-refractivity contribution < 1.29 is 82.8 Å². The molecule has 15 atom stereocenters. The number of aliphatic hydroxyl groups is 9. The smallest absolute Gasteiger partial charge is 0.240 e. The molecule has 0 saturated carbocycles. The van der Waals surface area contributed by atoms with E-state index in [-0.39, 0.29) is 31.1 Å². The van der Waals surface area contributed by atoms with Crippen molar-refractivity contribution in [2.24, 2.45) is 0 Å². The molecule has 10 N–H and O–H groups in total. The van der Waals surface area contributed by atoms with Gasteiger partial charge in [-0.15, -0.1) is 0 Å². The maximum absolute atomic E-state index is 12.4. The molecule has 3 fully saturated rings. The first-order chi connectivity index (χ1) is 22.7. The third-order valence-corrected chi connectivity index (χ3v) is 10.0. The summed E-state index contributed by atoms with van der Waals surface area (Å²) in [4.78, 5) is 0.125. The summed E-state index contributed by atoms with van der Waals surface area (Å²) < 4.78 is 60.6. The van der Waals surface area contributed by atoms with Gasteiger partial charge in [0.2, 0.25) is 10.0 Å². The molecule has 1 aromatic carbocycles. The molecule has 3 aliphatic heterocycles. The van der Waals surface area contributed by atoms with Gasteiger partial charge >= 0.3 is 0 Å². The Morgan fingerprint density at radius 3 is 1.96 bits per heavy atom. The summed E-state index contributed by atoms with van der Waals surface area (Å²) in [6.07, 6.45) is -22.3. The second kappa shape index (κ2) is 17.2. The normalized spacial score (nSPS) is 40.9. The van der Waals surface area contributed by atoms with Crippen molar-refractivity contribution in [1.29, 1.82) is 0 Å². The van der Waals surface area contributed by atoms with E-state index in [2.05, 4.69) is 4.72 Å². The first kappa shape index (κ1) is 39.3. The summed E-state index contributed by atoms with van der Waals surface area (Å²) in [5.41, 5.74) is 0.919. The molecular formula is C29H47NO17S. The summed E-state index contributed by atoms with van der Waals surface area (Å²) in [6, 6.07) is 6.36. The Morgan fingerprint density at radius 1 is 0.729 bits per heavy atom. The van der Waals surface area contributed by atoms with Crippen LogP contribution in [0.25, 0.3) is 0 Å². The fourth-order valence-electron chi connectivity index (χ4n) is 5.51. The third-order valence-electron chi connectivity index (χ3n) is 8.53. The predicted octanol–water partition coefficient (Wildman–Crippen LogP) is -4.80. The number of sulfonamides is 1. The minimum Gasteiger partial charge on any atom is -0.394 e. The molecule has 0 spiro atoms. The van der Waals surface area contributed by atoms with Crippen LogP contribution in [0, 0.1) is 6.92 Å². The maximum atomic E-state index is 12.4. The Labute approximate surface area is 277 Å². The van der Waals surface area contributed by atoms with Crippen molar-refractivity contribution in [2.75, 3.05) is 33.0 Å². The minimum absolute atomic E-state index is 0.0608. The molecule has 3 heterocycles. The van der Waals surface area contributed by atoms with Crippen LogP contribution < -0.4 is 4.72 Å². The highest BCUT2D eigenvalue weighted by Crippen LogP contribution is 2.30. The van der Waals surface area contributed by atoms with E-state index in [1.54, 1.807) is 12.1 Å². The van der Waals surface area contributed by atoms with Gasteiger partial charge in [-0.3, -0.25) is 0 Å². The number of hydrogen-bond acceptors (Lipinski definition) is 17. The number of aryl methyl sites for hydroxylation is 1. The molecule has 19 heteroatoms. The fourth-order valence-corrected chi connectivity index (χ4v) is 6.59. The number of rotatable bonds is 14. The first-order valence-corrected chi connectivity index (χ1v) is 17.1. The van der Waals surface area contributed by atoms with E-state index in [1.165, 1.54) is 19.1 Å². The lowest BCUT2D eigenvalue weighted by Gasteiger charge is -2.46. The summed E-state index contributed by atoms with van der Waals surface area (Å²) in [5, 5.41) is 92.8. The number of aliphatic hydroxyl groups excluding tert-OH is 9. The van der Waals surface area contributed by atoms with Crippen molar-refractivity contribution >= 4 is 10.0 Å². The zero-order chi connectivity index (χ0) is 35.3. The molecule has 3 aliphatic rings. The molecule has 0 amide bonds. The average Bonchev–Trinajstić information content (AvgIpc) is 3.06. The highest BCUT2D eigenvalue weighted by atomic mass is 32.2. The first-order valence-electron chi connectivity index (χ1n) is 15.6. The highest BCUT2D eigenvalue weighted by Gasteiger charge is 2.51. The average molecular weight is 714 g/mol. The molecule has 1 aromatic rings. The van der Waals surface area contributed by atoms with E-state index >= 15 is 0 Å². The maximum Gasteiger partial charge on any atom is 0.240 e. The summed E-state index contributed by atoms with van der Waals surface area (Å²) in [6.45, 7) is 1.97. The molecule has 15 unspecified atom stereocenters. The van der Waals surface area contributed by atoms with Crippen LogP contribution in [0.2, 0.25) is 0 Å². The minimum atomic E-state index is -3.70. The van der Waals surface area contributed by atoms with Crippen molar-refractivity contribution in [3.05, 3.63) is 29.8 Å². The molecule has 0 aromatic heterocycles. The quantitative estimate of drug-likeness (QED) is 0.0810. The van der Waals surface area contributed by atoms with Crippen molar-refractivity contribution in [1.82, 2.24) is 4.72 Å². The van der Waals surface area contributed by atoms with Crippen LogP contribution in [0.1, 0.15) is 18.9 Å². The number of hydrogen-bond donors (Lipinski definition) is 10. The summed E-state index contributed by atoms with van der Waals surface area (Å²) in [7, 11) is -3.70. The van der Waals surface area contributed by atoms with E-state index in [1.807, 2.05) is 6.92 Å². The van der Waals surface area contributed by atoms with Gasteiger partial charge in [0.25, 0.3) is 0 Å². The molecule has 276 valence electrons. The number of nitrogens with one attached hydrogen (secondary N) is 1. The third kappa shape index (κ3) is 9.25. The van der Waals surface area contributed by atoms with Crippen LogP contribution in [0.4, 0.5) is 0 Å². The molecule has 0 radical (unpaired) electrons. The van der Waals surface area contributed by atoms with Gasteiger partial charge in [0, 0.05) is 13.2 Å². The molecular weight excluding hydrogens is 666 g/mol. The van der Waals surface area contributed by atoms with Gasteiger partial charge in [-0.25, -0.2) is 13.1 Å². The Balaban J connectivity index is 1.27. The Kier molecular flexibility index (Phi) is 14.1. The standard InChI is InChI=1S/C29H47NO17S/c1-13-4-6-15(7-5-13)48(40,41)30-8-3-9-42-11-17-21(34)24(37)25(38)28(46-17)43-12-18-22(35)27(19(32)14(2)44-18)47-29-26(39)23(36)20(33)16(10-31)45-29/h4-7,14,16-39H,3,8-12H2,1-2H3. The zero-order valence-electron chi connectivity index (χ0n) is 26.4. The monoisotopic (exact) mass is 713 g/mol. The van der Waals surface area contributed by atoms with Crippen molar-refractivity contribution in [3.8, 4) is 0 Å². The van der Waals surface area contributed by atoms with Crippen LogP contribution in [0.3, 0.4) is 0 Å². The van der Waals surface area contributed by atoms with Crippen LogP contribution in [0.15, 0.2) is 29.2 Å². The molecule has 0 bridgehead atoms.